The lowest BCUT2D eigenvalue weighted by atomic mass is 9.85. The summed E-state index contributed by atoms with van der Waals surface area (Å²) in [6.45, 7) is 10.4. The molecule has 0 bridgehead atoms. The van der Waals surface area contributed by atoms with Gasteiger partial charge in [-0.25, -0.2) is 0 Å². The normalized spacial score (nSPS) is 26.7. The van der Waals surface area contributed by atoms with E-state index >= 15 is 0 Å². The number of amides is 1. The van der Waals surface area contributed by atoms with Crippen LogP contribution in [0, 0.1) is 5.41 Å². The van der Waals surface area contributed by atoms with E-state index < -0.39 is 11.9 Å². The second kappa shape index (κ2) is 6.20. The summed E-state index contributed by atoms with van der Waals surface area (Å²) in [5, 5.41) is 12.3. The van der Waals surface area contributed by atoms with Crippen molar-refractivity contribution in [2.45, 2.75) is 65.5 Å². The Hall–Kier alpha value is -0.650. The summed E-state index contributed by atoms with van der Waals surface area (Å²) in [5.41, 5.74) is -0.358. The first-order chi connectivity index (χ1) is 8.68. The largest absolute Gasteiger partial charge is 0.393 e. The lowest BCUT2D eigenvalue weighted by Gasteiger charge is -2.44. The summed E-state index contributed by atoms with van der Waals surface area (Å²) in [7, 11) is 0. The Morgan fingerprint density at radius 1 is 1.42 bits per heavy atom. The molecule has 0 unspecified atom stereocenters. The third-order valence-corrected chi connectivity index (χ3v) is 3.39. The molecule has 0 spiro atoms. The van der Waals surface area contributed by atoms with Crippen LogP contribution in [0.4, 0.5) is 0 Å². The minimum Gasteiger partial charge on any atom is -0.393 e. The molecule has 0 aromatic carbocycles. The Balaban J connectivity index is 2.53. The monoisotopic (exact) mass is 273 g/mol. The van der Waals surface area contributed by atoms with Crippen LogP contribution < -0.4 is 5.32 Å². The molecule has 112 valence electrons. The third kappa shape index (κ3) is 4.75. The average molecular weight is 273 g/mol. The molecule has 2 atom stereocenters. The number of aliphatic hydroxyl groups excluding tert-OH is 1. The van der Waals surface area contributed by atoms with Gasteiger partial charge in [-0.15, -0.1) is 0 Å². The highest BCUT2D eigenvalue weighted by molar-refractivity contribution is 5.81. The van der Waals surface area contributed by atoms with Gasteiger partial charge in [0.15, 0.2) is 5.79 Å². The molecule has 0 aliphatic carbocycles. The van der Waals surface area contributed by atoms with Crippen LogP contribution in [-0.4, -0.2) is 42.2 Å². The van der Waals surface area contributed by atoms with Gasteiger partial charge in [0.1, 0.15) is 6.10 Å². The van der Waals surface area contributed by atoms with Crippen molar-refractivity contribution in [3.8, 4) is 0 Å². The van der Waals surface area contributed by atoms with Gasteiger partial charge in [-0.3, -0.25) is 4.79 Å². The molecule has 5 heteroatoms. The van der Waals surface area contributed by atoms with E-state index in [9.17, 15) is 9.90 Å². The molecule has 0 aromatic rings. The summed E-state index contributed by atoms with van der Waals surface area (Å²) >= 11 is 0. The molecule has 0 aromatic heterocycles. The summed E-state index contributed by atoms with van der Waals surface area (Å²) < 4.78 is 11.3. The van der Waals surface area contributed by atoms with Gasteiger partial charge in [-0.05, 0) is 26.7 Å². The van der Waals surface area contributed by atoms with E-state index in [2.05, 4.69) is 5.32 Å². The molecule has 5 nitrogen and oxygen atoms in total. The highest BCUT2D eigenvalue weighted by atomic mass is 16.7. The van der Waals surface area contributed by atoms with Crippen LogP contribution in [0.1, 0.15) is 47.5 Å². The van der Waals surface area contributed by atoms with Gasteiger partial charge in [0.05, 0.1) is 12.7 Å². The van der Waals surface area contributed by atoms with Gasteiger partial charge in [0.2, 0.25) is 5.91 Å². The third-order valence-electron chi connectivity index (χ3n) is 3.39. The van der Waals surface area contributed by atoms with Crippen LogP contribution in [0.3, 0.4) is 0 Å². The number of ether oxygens (including phenoxy) is 2. The fourth-order valence-corrected chi connectivity index (χ4v) is 1.98. The molecule has 1 heterocycles. The number of rotatable bonds is 5. The zero-order valence-electron chi connectivity index (χ0n) is 12.7. The minimum atomic E-state index is -0.736. The highest BCUT2D eigenvalue weighted by Crippen LogP contribution is 2.34. The maximum atomic E-state index is 12.2. The molecular weight excluding hydrogens is 246 g/mol. The highest BCUT2D eigenvalue weighted by Gasteiger charge is 2.45. The van der Waals surface area contributed by atoms with Gasteiger partial charge in [-0.2, -0.15) is 0 Å². The van der Waals surface area contributed by atoms with Crippen molar-refractivity contribution < 1.29 is 19.4 Å². The van der Waals surface area contributed by atoms with E-state index in [4.69, 9.17) is 9.47 Å². The smallest absolute Gasteiger partial charge is 0.249 e. The molecule has 1 aliphatic heterocycles. The summed E-state index contributed by atoms with van der Waals surface area (Å²) in [6, 6.07) is 0. The van der Waals surface area contributed by atoms with Crippen molar-refractivity contribution >= 4 is 5.91 Å². The number of hydrogen-bond donors (Lipinski definition) is 2. The minimum absolute atomic E-state index is 0.135. The van der Waals surface area contributed by atoms with E-state index in [0.29, 0.717) is 26.0 Å². The van der Waals surface area contributed by atoms with Crippen molar-refractivity contribution in [2.75, 3.05) is 13.2 Å². The van der Waals surface area contributed by atoms with Gasteiger partial charge in [-0.1, -0.05) is 20.8 Å². The predicted molar refractivity (Wildman–Crippen MR) is 72.6 cm³/mol. The van der Waals surface area contributed by atoms with Crippen molar-refractivity contribution in [2.24, 2.45) is 5.41 Å². The second-order valence-corrected chi connectivity index (χ2v) is 6.32. The van der Waals surface area contributed by atoms with Crippen molar-refractivity contribution in [3.05, 3.63) is 0 Å². The van der Waals surface area contributed by atoms with Gasteiger partial charge >= 0.3 is 0 Å². The van der Waals surface area contributed by atoms with Gasteiger partial charge < -0.3 is 19.9 Å². The molecular formula is C14H27NO4. The summed E-state index contributed by atoms with van der Waals surface area (Å²) in [6.07, 6.45) is 0.368. The lowest BCUT2D eigenvalue weighted by molar-refractivity contribution is -0.304. The first-order valence-electron chi connectivity index (χ1n) is 6.95. The average Bonchev–Trinajstić information content (AvgIpc) is 2.32. The standard InChI is InChI=1S/C14H27NO4/c1-6-10(16)7-8-15-12(17)11-13(2,3)9-18-14(4,5)19-11/h10-11,16H,6-9H2,1-5H3,(H,15,17)/t10-,11+/m1/s1. The van der Waals surface area contributed by atoms with Gasteiger partial charge in [0.25, 0.3) is 0 Å². The maximum Gasteiger partial charge on any atom is 0.249 e. The molecule has 1 fully saturated rings. The molecule has 1 amide bonds. The molecule has 1 rings (SSSR count). The Kier molecular flexibility index (Phi) is 5.35. The van der Waals surface area contributed by atoms with E-state index in [1.165, 1.54) is 0 Å². The van der Waals surface area contributed by atoms with E-state index in [-0.39, 0.29) is 17.4 Å². The van der Waals surface area contributed by atoms with Crippen molar-refractivity contribution in [1.82, 2.24) is 5.32 Å². The van der Waals surface area contributed by atoms with Gasteiger partial charge in [0, 0.05) is 12.0 Å². The Morgan fingerprint density at radius 3 is 2.63 bits per heavy atom. The topological polar surface area (TPSA) is 67.8 Å². The van der Waals surface area contributed by atoms with E-state index in [1.807, 2.05) is 34.6 Å². The lowest BCUT2D eigenvalue weighted by Crippen LogP contribution is -2.56. The molecule has 1 aliphatic rings. The quantitative estimate of drug-likeness (QED) is 0.795. The van der Waals surface area contributed by atoms with Crippen molar-refractivity contribution in [3.63, 3.8) is 0 Å². The van der Waals surface area contributed by atoms with Crippen LogP contribution in [0.25, 0.3) is 0 Å². The second-order valence-electron chi connectivity index (χ2n) is 6.32. The molecule has 0 saturated carbocycles. The fourth-order valence-electron chi connectivity index (χ4n) is 1.98. The molecule has 19 heavy (non-hydrogen) atoms. The van der Waals surface area contributed by atoms with Crippen LogP contribution in [-0.2, 0) is 14.3 Å². The summed E-state index contributed by atoms with van der Waals surface area (Å²) in [4.78, 5) is 12.2. The van der Waals surface area contributed by atoms with E-state index in [1.54, 1.807) is 0 Å². The number of hydrogen-bond acceptors (Lipinski definition) is 4. The Labute approximate surface area is 115 Å². The molecule has 2 N–H and O–H groups in total. The van der Waals surface area contributed by atoms with Crippen LogP contribution in [0.15, 0.2) is 0 Å². The Morgan fingerprint density at radius 2 is 2.05 bits per heavy atom. The maximum absolute atomic E-state index is 12.2. The van der Waals surface area contributed by atoms with Crippen molar-refractivity contribution in [1.29, 1.82) is 0 Å². The molecule has 0 radical (unpaired) electrons. The van der Waals surface area contributed by atoms with Crippen LogP contribution >= 0.6 is 0 Å². The number of carbonyl (C=O) groups excluding carboxylic acids is 1. The number of carbonyl (C=O) groups is 1. The van der Waals surface area contributed by atoms with Crippen LogP contribution in [0.2, 0.25) is 0 Å². The SMILES string of the molecule is CC[C@@H](O)CCNC(=O)[C@@H]1OC(C)(C)OCC1(C)C. The van der Waals surface area contributed by atoms with E-state index in [0.717, 1.165) is 0 Å². The fraction of sp³-hybridized carbons (Fsp3) is 0.929. The Bertz CT molecular complexity index is 315. The molecule has 1 saturated heterocycles. The first-order valence-corrected chi connectivity index (χ1v) is 6.95. The predicted octanol–water partition coefficient (Wildman–Crippen LogP) is 1.44. The number of aliphatic hydroxyl groups is 1. The zero-order chi connectivity index (χ0) is 14.7. The number of nitrogens with one attached hydrogen (secondary N) is 1. The zero-order valence-corrected chi connectivity index (χ0v) is 12.7. The van der Waals surface area contributed by atoms with Crippen LogP contribution in [0.5, 0.6) is 0 Å². The first kappa shape index (κ1) is 16.4. The summed E-state index contributed by atoms with van der Waals surface area (Å²) in [5.74, 6) is -0.870.